The van der Waals surface area contributed by atoms with E-state index in [1.165, 1.54) is 0 Å². The van der Waals surface area contributed by atoms with Crippen LogP contribution in [0, 0.1) is 5.21 Å². The third-order valence-corrected chi connectivity index (χ3v) is 1.41. The Bertz CT molecular complexity index is 64.7. The van der Waals surface area contributed by atoms with Crippen molar-refractivity contribution in [3.05, 3.63) is 5.21 Å². The van der Waals surface area contributed by atoms with Gasteiger partial charge in [-0.25, -0.2) is 0 Å². The Morgan fingerprint density at radius 1 is 1.86 bits per heavy atom. The summed E-state index contributed by atoms with van der Waals surface area (Å²) in [6.07, 6.45) is 0.898. The van der Waals surface area contributed by atoms with Crippen molar-refractivity contribution in [2.24, 2.45) is 0 Å². The van der Waals surface area contributed by atoms with Crippen molar-refractivity contribution in [1.82, 2.24) is 0 Å². The van der Waals surface area contributed by atoms with Gasteiger partial charge in [0.05, 0.1) is 19.6 Å². The van der Waals surface area contributed by atoms with E-state index in [2.05, 4.69) is 0 Å². The average Bonchev–Trinajstić information content (AvgIpc) is 1.65. The van der Waals surface area contributed by atoms with Crippen LogP contribution in [0.2, 0.25) is 0 Å². The third-order valence-electron chi connectivity index (χ3n) is 1.41. The number of aliphatic hydroxyl groups excluding tert-OH is 1. The largest absolute Gasteiger partial charge is 0.634 e. The molecule has 2 unspecified atom stereocenters. The van der Waals surface area contributed by atoms with Gasteiger partial charge in [-0.05, 0) is 0 Å². The van der Waals surface area contributed by atoms with E-state index in [1.807, 2.05) is 0 Å². The van der Waals surface area contributed by atoms with Crippen LogP contribution in [0.3, 0.4) is 0 Å². The van der Waals surface area contributed by atoms with Crippen molar-refractivity contribution < 1.29 is 10.2 Å². The van der Waals surface area contributed by atoms with Gasteiger partial charge in [-0.3, -0.25) is 0 Å². The monoisotopic (exact) mass is 103 g/mol. The average molecular weight is 103 g/mol. The standard InChI is InChI=1S/C4H9NO2/c6-3-4-1-2-5(4)7/h4-6H,1-3H2. The fraction of sp³-hybridized carbons (Fsp3) is 1.00. The molecule has 0 aromatic rings. The lowest BCUT2D eigenvalue weighted by molar-refractivity contribution is -0.920. The topological polar surface area (TPSA) is 47.7 Å². The van der Waals surface area contributed by atoms with Gasteiger partial charge in [0.1, 0.15) is 6.04 Å². The predicted octanol–water partition coefficient (Wildman–Crippen LogP) is -1.87. The van der Waals surface area contributed by atoms with Crippen molar-refractivity contribution in [3.63, 3.8) is 0 Å². The van der Waals surface area contributed by atoms with E-state index in [0.717, 1.165) is 6.42 Å². The summed E-state index contributed by atoms with van der Waals surface area (Å²) < 4.78 is 0. The van der Waals surface area contributed by atoms with Gasteiger partial charge in [-0.15, -0.1) is 0 Å². The highest BCUT2D eigenvalue weighted by molar-refractivity contribution is 4.60. The normalized spacial score (nSPS) is 40.3. The zero-order valence-electron chi connectivity index (χ0n) is 4.05. The van der Waals surface area contributed by atoms with Gasteiger partial charge >= 0.3 is 0 Å². The summed E-state index contributed by atoms with van der Waals surface area (Å²) in [6, 6.07) is -0.000000000000000222. The lowest BCUT2D eigenvalue weighted by atomic mass is 10.1. The van der Waals surface area contributed by atoms with Gasteiger partial charge < -0.3 is 15.4 Å². The molecule has 1 heterocycles. The lowest BCUT2D eigenvalue weighted by Crippen LogP contribution is -3.18. The first-order chi connectivity index (χ1) is 3.34. The van der Waals surface area contributed by atoms with E-state index in [0.29, 0.717) is 6.54 Å². The van der Waals surface area contributed by atoms with E-state index in [9.17, 15) is 5.21 Å². The van der Waals surface area contributed by atoms with E-state index in [4.69, 9.17) is 5.11 Å². The molecule has 0 amide bonds. The van der Waals surface area contributed by atoms with Crippen LogP contribution in [0.25, 0.3) is 0 Å². The van der Waals surface area contributed by atoms with Crippen molar-refractivity contribution in [2.75, 3.05) is 13.2 Å². The molecule has 1 saturated heterocycles. The second-order valence-corrected chi connectivity index (χ2v) is 1.88. The number of quaternary nitrogens is 1. The number of aliphatic hydroxyl groups is 1. The quantitative estimate of drug-likeness (QED) is 0.382. The van der Waals surface area contributed by atoms with Crippen molar-refractivity contribution in [2.45, 2.75) is 12.5 Å². The minimum absolute atomic E-state index is 0.000000000000000222. The van der Waals surface area contributed by atoms with Gasteiger partial charge in [-0.2, -0.15) is 0 Å². The number of hydrogen-bond donors (Lipinski definition) is 2. The second-order valence-electron chi connectivity index (χ2n) is 1.88. The SMILES string of the molecule is [O-][NH+]1CCC1CO. The van der Waals surface area contributed by atoms with E-state index >= 15 is 0 Å². The number of nitrogens with one attached hydrogen (secondary N) is 1. The first kappa shape index (κ1) is 5.03. The summed E-state index contributed by atoms with van der Waals surface area (Å²) in [5, 5.41) is 18.9. The Labute approximate surface area is 42.1 Å². The van der Waals surface area contributed by atoms with Crippen molar-refractivity contribution in [3.8, 4) is 0 Å². The summed E-state index contributed by atoms with van der Waals surface area (Å²) in [4.78, 5) is 0. The maximum Gasteiger partial charge on any atom is 0.116 e. The zero-order valence-corrected chi connectivity index (χ0v) is 4.05. The van der Waals surface area contributed by atoms with E-state index in [1.54, 1.807) is 0 Å². The molecule has 42 valence electrons. The minimum Gasteiger partial charge on any atom is -0.634 e. The summed E-state index contributed by atoms with van der Waals surface area (Å²) in [7, 11) is 0. The Balaban J connectivity index is 2.16. The predicted molar refractivity (Wildman–Crippen MR) is 24.7 cm³/mol. The fourth-order valence-electron chi connectivity index (χ4n) is 0.659. The smallest absolute Gasteiger partial charge is 0.116 e. The van der Waals surface area contributed by atoms with Gasteiger partial charge in [0.15, 0.2) is 0 Å². The molecule has 1 rings (SSSR count). The van der Waals surface area contributed by atoms with Crippen LogP contribution in [0.5, 0.6) is 0 Å². The molecule has 3 nitrogen and oxygen atoms in total. The van der Waals surface area contributed by atoms with Crippen LogP contribution >= 0.6 is 0 Å². The molecule has 0 saturated carbocycles. The fourth-order valence-corrected chi connectivity index (χ4v) is 0.659. The van der Waals surface area contributed by atoms with Crippen LogP contribution in [0.1, 0.15) is 6.42 Å². The molecule has 1 aliphatic heterocycles. The summed E-state index contributed by atoms with van der Waals surface area (Å²) in [5.41, 5.74) is 0. The number of rotatable bonds is 1. The molecular formula is C4H9NO2. The van der Waals surface area contributed by atoms with Crippen LogP contribution in [0.4, 0.5) is 0 Å². The molecule has 2 atom stereocenters. The van der Waals surface area contributed by atoms with Crippen molar-refractivity contribution in [1.29, 1.82) is 0 Å². The molecule has 0 bridgehead atoms. The first-order valence-corrected chi connectivity index (χ1v) is 2.48. The summed E-state index contributed by atoms with van der Waals surface area (Å²) >= 11 is 0. The molecule has 3 heteroatoms. The van der Waals surface area contributed by atoms with Crippen LogP contribution in [-0.2, 0) is 0 Å². The molecule has 0 aromatic carbocycles. The molecular weight excluding hydrogens is 94.0 g/mol. The molecule has 0 spiro atoms. The van der Waals surface area contributed by atoms with Crippen LogP contribution < -0.4 is 5.06 Å². The maximum atomic E-state index is 10.3. The Kier molecular flexibility index (Phi) is 1.27. The summed E-state index contributed by atoms with van der Waals surface area (Å²) in [6.45, 7) is 0.740. The van der Waals surface area contributed by atoms with Crippen LogP contribution in [0.15, 0.2) is 0 Å². The Morgan fingerprint density at radius 2 is 2.57 bits per heavy atom. The third kappa shape index (κ3) is 0.748. The molecule has 7 heavy (non-hydrogen) atoms. The van der Waals surface area contributed by atoms with Gasteiger partial charge in [-0.1, -0.05) is 0 Å². The Morgan fingerprint density at radius 3 is 2.57 bits per heavy atom. The molecule has 1 aliphatic rings. The van der Waals surface area contributed by atoms with E-state index < -0.39 is 0 Å². The maximum absolute atomic E-state index is 10.3. The highest BCUT2D eigenvalue weighted by Crippen LogP contribution is 1.90. The van der Waals surface area contributed by atoms with E-state index in [-0.39, 0.29) is 17.7 Å². The first-order valence-electron chi connectivity index (χ1n) is 2.48. The van der Waals surface area contributed by atoms with Crippen molar-refractivity contribution >= 4 is 0 Å². The van der Waals surface area contributed by atoms with Gasteiger partial charge in [0.25, 0.3) is 0 Å². The Hall–Kier alpha value is -0.120. The molecule has 1 fully saturated rings. The second kappa shape index (κ2) is 1.78. The highest BCUT2D eigenvalue weighted by Gasteiger charge is 2.24. The molecule has 0 aromatic heterocycles. The van der Waals surface area contributed by atoms with Gasteiger partial charge in [0.2, 0.25) is 0 Å². The molecule has 0 radical (unpaired) electrons. The lowest BCUT2D eigenvalue weighted by Gasteiger charge is -2.38. The van der Waals surface area contributed by atoms with Crippen LogP contribution in [-0.4, -0.2) is 24.3 Å². The zero-order chi connectivity index (χ0) is 5.28. The number of hydrogen-bond acceptors (Lipinski definition) is 2. The van der Waals surface area contributed by atoms with Gasteiger partial charge in [0, 0.05) is 0 Å². The summed E-state index contributed by atoms with van der Waals surface area (Å²) in [5.74, 6) is 0. The number of hydroxylamine groups is 2. The molecule has 0 aliphatic carbocycles. The highest BCUT2D eigenvalue weighted by atomic mass is 16.5. The minimum atomic E-state index is -0.000000000000000222. The molecule has 2 N–H and O–H groups in total.